The first-order valence-corrected chi connectivity index (χ1v) is 13.8. The predicted octanol–water partition coefficient (Wildman–Crippen LogP) is 6.84. The second kappa shape index (κ2) is 15.1. The Morgan fingerprint density at radius 2 is 1.31 bits per heavy atom. The molecule has 0 fully saturated rings. The molecule has 9 heteroatoms. The number of aromatic nitrogens is 4. The molecule has 0 bridgehead atoms. The van der Waals surface area contributed by atoms with Gasteiger partial charge < -0.3 is 10.8 Å². The number of fused-ring (bicyclic) bond motifs is 2. The molecule has 212 valence electrons. The Balaban J connectivity index is 0.000000182. The molecule has 1 unspecified atom stereocenters. The lowest BCUT2D eigenvalue weighted by atomic mass is 10.0. The van der Waals surface area contributed by atoms with Gasteiger partial charge in [-0.1, -0.05) is 59.6 Å². The molecule has 6 aromatic rings. The van der Waals surface area contributed by atoms with E-state index in [2.05, 4.69) is 32.1 Å². The van der Waals surface area contributed by atoms with E-state index >= 15 is 0 Å². The maximum Gasteiger partial charge on any atom is 0.185 e. The van der Waals surface area contributed by atoms with Gasteiger partial charge in [0.05, 0.1) is 32.8 Å². The molecule has 0 aliphatic rings. The number of carbonyl (C=O) groups excluding carboxylic acids is 1. The first kappa shape index (κ1) is 30.7. The van der Waals surface area contributed by atoms with Crippen molar-refractivity contribution in [2.45, 2.75) is 18.9 Å². The Kier molecular flexibility index (Phi) is 11.0. The Morgan fingerprint density at radius 1 is 0.738 bits per heavy atom. The van der Waals surface area contributed by atoms with Gasteiger partial charge in [0.1, 0.15) is 5.69 Å². The van der Waals surface area contributed by atoms with E-state index in [1.165, 1.54) is 0 Å². The van der Waals surface area contributed by atoms with Gasteiger partial charge in [0.25, 0.3) is 0 Å². The normalized spacial score (nSPS) is 11.2. The van der Waals surface area contributed by atoms with Crippen LogP contribution in [0.2, 0.25) is 10.0 Å². The number of rotatable bonds is 6. The highest BCUT2D eigenvalue weighted by molar-refractivity contribution is 6.31. The standard InChI is InChI=1S/C16H14ClN3.C16H11ClN2O.CH4O/c17-13-9-12-5-4-11(8-16(12)20-10-13)7-14(18)15-3-1-2-6-19-15;17-13-9-12-5-4-11(7-15(12)19-10-13)8-16(20)14-3-1-2-6-18-14;1-2/h1-6,8-10,14H,7,18H2;1-7,9-10H,8H2;2H,1H3. The molecular weight excluding hydrogens is 569 g/mol. The largest absolute Gasteiger partial charge is 0.400 e. The molecule has 0 aliphatic heterocycles. The molecule has 7 nitrogen and oxygen atoms in total. The van der Waals surface area contributed by atoms with Gasteiger partial charge >= 0.3 is 0 Å². The van der Waals surface area contributed by atoms with Crippen molar-refractivity contribution in [3.8, 4) is 0 Å². The summed E-state index contributed by atoms with van der Waals surface area (Å²) >= 11 is 11.8. The van der Waals surface area contributed by atoms with Crippen molar-refractivity contribution < 1.29 is 9.90 Å². The van der Waals surface area contributed by atoms with Crippen LogP contribution in [0.15, 0.2) is 110 Å². The second-order valence-corrected chi connectivity index (χ2v) is 10.1. The van der Waals surface area contributed by atoms with Crippen LogP contribution < -0.4 is 5.73 Å². The summed E-state index contributed by atoms with van der Waals surface area (Å²) < 4.78 is 0. The van der Waals surface area contributed by atoms with Crippen molar-refractivity contribution in [3.05, 3.63) is 142 Å². The summed E-state index contributed by atoms with van der Waals surface area (Å²) in [6.07, 6.45) is 7.70. The minimum absolute atomic E-state index is 0.00101. The van der Waals surface area contributed by atoms with Crippen LogP contribution in [0, 0.1) is 0 Å². The molecule has 42 heavy (non-hydrogen) atoms. The molecule has 0 saturated carbocycles. The molecule has 0 radical (unpaired) electrons. The monoisotopic (exact) mass is 597 g/mol. The zero-order chi connectivity index (χ0) is 29.9. The SMILES string of the molecule is CO.NC(Cc1ccc2cc(Cl)cnc2c1)c1ccccn1.O=C(Cc1ccc2cc(Cl)cnc2c1)c1ccccn1. The maximum atomic E-state index is 12.1. The van der Waals surface area contributed by atoms with Crippen LogP contribution in [0.3, 0.4) is 0 Å². The molecule has 0 aliphatic carbocycles. The van der Waals surface area contributed by atoms with Gasteiger partial charge in [-0.2, -0.15) is 0 Å². The summed E-state index contributed by atoms with van der Waals surface area (Å²) in [7, 11) is 1.00. The Hall–Kier alpha value is -4.27. The topological polar surface area (TPSA) is 115 Å². The summed E-state index contributed by atoms with van der Waals surface area (Å²) in [5.74, 6) is -0.00101. The number of ketones is 1. The third kappa shape index (κ3) is 8.38. The first-order valence-electron chi connectivity index (χ1n) is 13.1. The van der Waals surface area contributed by atoms with Gasteiger partial charge in [-0.25, -0.2) is 0 Å². The summed E-state index contributed by atoms with van der Waals surface area (Å²) in [6.45, 7) is 0. The van der Waals surface area contributed by atoms with Gasteiger partial charge in [-0.15, -0.1) is 0 Å². The lowest BCUT2D eigenvalue weighted by molar-refractivity contribution is 0.0988. The number of Topliss-reactive ketones (excluding diaryl/α,β-unsaturated/α-hetero) is 1. The number of aliphatic hydroxyl groups excluding tert-OH is 1. The molecule has 6 rings (SSSR count). The Morgan fingerprint density at radius 3 is 1.88 bits per heavy atom. The third-order valence-electron chi connectivity index (χ3n) is 6.27. The number of nitrogens with zero attached hydrogens (tertiary/aromatic N) is 4. The maximum absolute atomic E-state index is 12.1. The number of carbonyl (C=O) groups is 1. The third-order valence-corrected chi connectivity index (χ3v) is 6.68. The Bertz CT molecular complexity index is 1770. The quantitative estimate of drug-likeness (QED) is 0.202. The molecule has 1 atom stereocenters. The van der Waals surface area contributed by atoms with Crippen LogP contribution in [0.25, 0.3) is 21.8 Å². The van der Waals surface area contributed by atoms with E-state index < -0.39 is 0 Å². The molecular formula is C33H29Cl2N5O2. The predicted molar refractivity (Wildman–Crippen MR) is 169 cm³/mol. The number of benzene rings is 2. The van der Waals surface area contributed by atoms with E-state index in [0.29, 0.717) is 22.2 Å². The molecule has 0 spiro atoms. The van der Waals surface area contributed by atoms with Crippen LogP contribution in [0.5, 0.6) is 0 Å². The van der Waals surface area contributed by atoms with Gasteiger partial charge in [0.15, 0.2) is 5.78 Å². The van der Waals surface area contributed by atoms with E-state index in [-0.39, 0.29) is 11.8 Å². The van der Waals surface area contributed by atoms with Crippen LogP contribution >= 0.6 is 23.2 Å². The van der Waals surface area contributed by atoms with Crippen molar-refractivity contribution in [2.24, 2.45) is 5.73 Å². The number of nitrogens with two attached hydrogens (primary N) is 1. The van der Waals surface area contributed by atoms with Gasteiger partial charge in [-0.05, 0) is 66.1 Å². The highest BCUT2D eigenvalue weighted by Crippen LogP contribution is 2.21. The van der Waals surface area contributed by atoms with E-state index in [1.807, 2.05) is 60.7 Å². The highest BCUT2D eigenvalue weighted by atomic mass is 35.5. The molecule has 2 aromatic carbocycles. The zero-order valence-corrected chi connectivity index (χ0v) is 24.4. The van der Waals surface area contributed by atoms with E-state index in [4.69, 9.17) is 34.0 Å². The number of halogens is 2. The van der Waals surface area contributed by atoms with Crippen LogP contribution in [-0.2, 0) is 12.8 Å². The summed E-state index contributed by atoms with van der Waals surface area (Å²) in [4.78, 5) is 29.1. The summed E-state index contributed by atoms with van der Waals surface area (Å²) in [5.41, 5.74) is 11.4. The van der Waals surface area contributed by atoms with Crippen LogP contribution in [0.4, 0.5) is 0 Å². The fourth-order valence-electron chi connectivity index (χ4n) is 4.27. The fourth-order valence-corrected chi connectivity index (χ4v) is 4.61. The minimum Gasteiger partial charge on any atom is -0.400 e. The van der Waals surface area contributed by atoms with Crippen molar-refractivity contribution in [2.75, 3.05) is 7.11 Å². The molecule has 0 amide bonds. The van der Waals surface area contributed by atoms with Gasteiger partial charge in [0.2, 0.25) is 0 Å². The van der Waals surface area contributed by atoms with E-state index in [0.717, 1.165) is 52.2 Å². The zero-order valence-electron chi connectivity index (χ0n) is 22.9. The van der Waals surface area contributed by atoms with Crippen molar-refractivity contribution in [3.63, 3.8) is 0 Å². The summed E-state index contributed by atoms with van der Waals surface area (Å²) in [5, 5.41) is 10.3. The number of pyridine rings is 4. The molecule has 0 saturated heterocycles. The van der Waals surface area contributed by atoms with Crippen molar-refractivity contribution in [1.82, 2.24) is 19.9 Å². The lowest BCUT2D eigenvalue weighted by Crippen LogP contribution is -2.14. The fraction of sp³-hybridized carbons (Fsp3) is 0.121. The van der Waals surface area contributed by atoms with Crippen molar-refractivity contribution >= 4 is 50.8 Å². The Labute approximate surface area is 254 Å². The van der Waals surface area contributed by atoms with Gasteiger partial charge in [-0.3, -0.25) is 24.7 Å². The highest BCUT2D eigenvalue weighted by Gasteiger charge is 2.10. The molecule has 4 aromatic heterocycles. The van der Waals surface area contributed by atoms with Crippen LogP contribution in [-0.4, -0.2) is 37.9 Å². The average molecular weight is 599 g/mol. The first-order chi connectivity index (χ1) is 20.4. The molecule has 4 heterocycles. The lowest BCUT2D eigenvalue weighted by Gasteiger charge is -2.11. The van der Waals surface area contributed by atoms with Crippen LogP contribution in [0.1, 0.15) is 33.4 Å². The smallest absolute Gasteiger partial charge is 0.185 e. The second-order valence-electron chi connectivity index (χ2n) is 9.24. The van der Waals surface area contributed by atoms with E-state index in [9.17, 15) is 4.79 Å². The number of hydrogen-bond donors (Lipinski definition) is 2. The number of hydrogen-bond acceptors (Lipinski definition) is 7. The number of aliphatic hydroxyl groups is 1. The summed E-state index contributed by atoms with van der Waals surface area (Å²) in [6, 6.07) is 26.7. The van der Waals surface area contributed by atoms with Crippen molar-refractivity contribution in [1.29, 1.82) is 0 Å². The van der Waals surface area contributed by atoms with Gasteiger partial charge in [0, 0.05) is 49.1 Å². The molecule has 3 N–H and O–H groups in total. The van der Waals surface area contributed by atoms with E-state index in [1.54, 1.807) is 36.9 Å². The minimum atomic E-state index is -0.110. The average Bonchev–Trinajstić information content (AvgIpc) is 3.03.